The molecule has 3 aromatic rings. The molecule has 0 aliphatic heterocycles. The molecule has 198 valence electrons. The molecule has 9 heteroatoms. The van der Waals surface area contributed by atoms with Crippen LogP contribution in [-0.2, 0) is 4.79 Å². The highest BCUT2D eigenvalue weighted by atomic mass is 16.5. The quantitative estimate of drug-likeness (QED) is 0.352. The van der Waals surface area contributed by atoms with Crippen LogP contribution in [0.25, 0.3) is 0 Å². The fourth-order valence-electron chi connectivity index (χ4n) is 4.14. The zero-order chi connectivity index (χ0) is 27.1. The molecule has 4 rings (SSSR count). The molecule has 1 aliphatic rings. The molecule has 9 nitrogen and oxygen atoms in total. The first-order valence-corrected chi connectivity index (χ1v) is 12.6. The maximum absolute atomic E-state index is 12.5. The Morgan fingerprint density at radius 3 is 2.24 bits per heavy atom. The second-order valence-electron chi connectivity index (χ2n) is 9.52. The molecule has 0 atom stereocenters. The van der Waals surface area contributed by atoms with Gasteiger partial charge >= 0.3 is 5.97 Å². The van der Waals surface area contributed by atoms with E-state index in [0.717, 1.165) is 31.4 Å². The number of ether oxygens (including phenoxy) is 2. The molecule has 1 aromatic heterocycles. The lowest BCUT2D eigenvalue weighted by atomic mass is 9.92. The minimum atomic E-state index is -1.13. The van der Waals surface area contributed by atoms with Crippen LogP contribution in [0.1, 0.15) is 60.2 Å². The van der Waals surface area contributed by atoms with E-state index in [1.54, 1.807) is 36.4 Å². The maximum atomic E-state index is 12.5. The Kier molecular flexibility index (Phi) is 8.58. The van der Waals surface area contributed by atoms with Crippen molar-refractivity contribution < 1.29 is 29.0 Å². The van der Waals surface area contributed by atoms with Gasteiger partial charge in [0.1, 0.15) is 11.5 Å². The number of amides is 2. The van der Waals surface area contributed by atoms with Crippen LogP contribution in [0.5, 0.6) is 17.4 Å². The summed E-state index contributed by atoms with van der Waals surface area (Å²) >= 11 is 0. The molecular weight excluding hydrogens is 486 g/mol. The lowest BCUT2D eigenvalue weighted by Gasteiger charge is -2.30. The van der Waals surface area contributed by atoms with E-state index in [1.807, 2.05) is 26.0 Å². The Balaban J connectivity index is 1.27. The van der Waals surface area contributed by atoms with E-state index in [1.165, 1.54) is 18.3 Å². The molecule has 1 fully saturated rings. The van der Waals surface area contributed by atoms with Gasteiger partial charge in [-0.25, -0.2) is 9.78 Å². The summed E-state index contributed by atoms with van der Waals surface area (Å²) in [5.41, 5.74) is 0.474. The predicted octanol–water partition coefficient (Wildman–Crippen LogP) is 5.29. The van der Waals surface area contributed by atoms with E-state index in [9.17, 15) is 19.5 Å². The molecule has 1 heterocycles. The van der Waals surface area contributed by atoms with Crippen molar-refractivity contribution in [3.8, 4) is 17.4 Å². The summed E-state index contributed by atoms with van der Waals surface area (Å²) in [5.74, 6) is 0.105. The number of nitrogens with one attached hydrogen (secondary N) is 2. The van der Waals surface area contributed by atoms with Crippen LogP contribution in [0.2, 0.25) is 0 Å². The van der Waals surface area contributed by atoms with Gasteiger partial charge in [-0.3, -0.25) is 9.59 Å². The van der Waals surface area contributed by atoms with Crippen molar-refractivity contribution >= 4 is 23.5 Å². The Hall–Kier alpha value is -4.40. The van der Waals surface area contributed by atoms with Crippen LogP contribution in [0.3, 0.4) is 0 Å². The summed E-state index contributed by atoms with van der Waals surface area (Å²) in [7, 11) is 0. The molecule has 1 aliphatic carbocycles. The number of carbonyl (C=O) groups excluding carboxylic acids is 2. The van der Waals surface area contributed by atoms with E-state index in [-0.39, 0.29) is 40.8 Å². The summed E-state index contributed by atoms with van der Waals surface area (Å²) < 4.78 is 11.9. The number of carboxylic acids is 1. The molecule has 2 amide bonds. The minimum Gasteiger partial charge on any atom is -0.490 e. The van der Waals surface area contributed by atoms with Gasteiger partial charge in [0.15, 0.2) is 0 Å². The van der Waals surface area contributed by atoms with Gasteiger partial charge in [0.25, 0.3) is 5.91 Å². The SMILES string of the molecule is CC(C)C(=O)NC1CCC(Oc2ccc(Oc3ccc(C(=O)Nc4ccccc4C(=O)O)cn3)cc2)CC1. The highest BCUT2D eigenvalue weighted by Gasteiger charge is 2.24. The number of benzene rings is 2. The van der Waals surface area contributed by atoms with Crippen molar-refractivity contribution in [1.29, 1.82) is 0 Å². The van der Waals surface area contributed by atoms with E-state index < -0.39 is 11.9 Å². The summed E-state index contributed by atoms with van der Waals surface area (Å²) in [6.45, 7) is 3.79. The van der Waals surface area contributed by atoms with E-state index >= 15 is 0 Å². The van der Waals surface area contributed by atoms with Gasteiger partial charge in [0.2, 0.25) is 11.8 Å². The number of pyridine rings is 1. The first-order valence-electron chi connectivity index (χ1n) is 12.6. The Morgan fingerprint density at radius 1 is 0.921 bits per heavy atom. The standard InChI is InChI=1S/C29H31N3O6/c1-18(2)27(33)31-20-8-10-21(11-9-20)37-22-12-14-23(15-13-22)38-26-16-7-19(17-30-26)28(34)32-25-6-4-3-5-24(25)29(35)36/h3-7,12-18,20-21H,8-11H2,1-2H3,(H,31,33)(H,32,34)(H,35,36). The molecule has 2 aromatic carbocycles. The van der Waals surface area contributed by atoms with Crippen molar-refractivity contribution in [2.75, 3.05) is 5.32 Å². The van der Waals surface area contributed by atoms with Crippen LogP contribution in [0.15, 0.2) is 66.9 Å². The molecule has 38 heavy (non-hydrogen) atoms. The number of carboxylic acid groups (broad SMARTS) is 1. The number of para-hydroxylation sites is 1. The van der Waals surface area contributed by atoms with Gasteiger partial charge in [0.05, 0.1) is 22.9 Å². The monoisotopic (exact) mass is 517 g/mol. The number of hydrogen-bond acceptors (Lipinski definition) is 6. The van der Waals surface area contributed by atoms with Crippen molar-refractivity contribution in [2.24, 2.45) is 5.92 Å². The van der Waals surface area contributed by atoms with E-state index in [0.29, 0.717) is 11.6 Å². The molecule has 0 spiro atoms. The summed E-state index contributed by atoms with van der Waals surface area (Å²) in [6.07, 6.45) is 5.04. The maximum Gasteiger partial charge on any atom is 0.337 e. The van der Waals surface area contributed by atoms with Crippen molar-refractivity contribution in [3.05, 3.63) is 78.0 Å². The normalized spacial score (nSPS) is 16.9. The smallest absolute Gasteiger partial charge is 0.337 e. The largest absolute Gasteiger partial charge is 0.490 e. The van der Waals surface area contributed by atoms with Crippen LogP contribution >= 0.6 is 0 Å². The fraction of sp³-hybridized carbons (Fsp3) is 0.310. The lowest BCUT2D eigenvalue weighted by molar-refractivity contribution is -0.125. The van der Waals surface area contributed by atoms with Crippen LogP contribution < -0.4 is 20.1 Å². The number of nitrogens with zero attached hydrogens (tertiary/aromatic N) is 1. The third kappa shape index (κ3) is 7.09. The molecule has 0 saturated heterocycles. The van der Waals surface area contributed by atoms with Gasteiger partial charge in [-0.2, -0.15) is 0 Å². The zero-order valence-corrected chi connectivity index (χ0v) is 21.3. The zero-order valence-electron chi connectivity index (χ0n) is 21.3. The Labute approximate surface area is 221 Å². The molecule has 0 bridgehead atoms. The topological polar surface area (TPSA) is 127 Å². The van der Waals surface area contributed by atoms with Gasteiger partial charge in [-0.1, -0.05) is 26.0 Å². The highest BCUT2D eigenvalue weighted by molar-refractivity contribution is 6.07. The number of rotatable bonds is 9. The Bertz CT molecular complexity index is 1270. The second-order valence-corrected chi connectivity index (χ2v) is 9.52. The Morgan fingerprint density at radius 2 is 1.61 bits per heavy atom. The van der Waals surface area contributed by atoms with Crippen molar-refractivity contribution in [3.63, 3.8) is 0 Å². The van der Waals surface area contributed by atoms with Crippen LogP contribution in [0, 0.1) is 5.92 Å². The van der Waals surface area contributed by atoms with Gasteiger partial charge in [-0.05, 0) is 68.1 Å². The lowest BCUT2D eigenvalue weighted by Crippen LogP contribution is -2.41. The third-order valence-electron chi connectivity index (χ3n) is 6.30. The first-order chi connectivity index (χ1) is 18.3. The molecular formula is C29H31N3O6. The number of aromatic carboxylic acids is 1. The molecule has 1 saturated carbocycles. The first kappa shape index (κ1) is 26.7. The predicted molar refractivity (Wildman–Crippen MR) is 142 cm³/mol. The number of hydrogen-bond donors (Lipinski definition) is 3. The van der Waals surface area contributed by atoms with Crippen LogP contribution in [-0.4, -0.2) is 40.0 Å². The average Bonchev–Trinajstić information content (AvgIpc) is 2.91. The number of carbonyl (C=O) groups is 3. The average molecular weight is 518 g/mol. The fourth-order valence-corrected chi connectivity index (χ4v) is 4.14. The van der Waals surface area contributed by atoms with E-state index in [4.69, 9.17) is 9.47 Å². The van der Waals surface area contributed by atoms with Gasteiger partial charge < -0.3 is 25.2 Å². The van der Waals surface area contributed by atoms with Gasteiger partial charge in [0, 0.05) is 24.2 Å². The van der Waals surface area contributed by atoms with E-state index in [2.05, 4.69) is 15.6 Å². The molecule has 3 N–H and O–H groups in total. The third-order valence-corrected chi connectivity index (χ3v) is 6.30. The van der Waals surface area contributed by atoms with Crippen LogP contribution in [0.4, 0.5) is 5.69 Å². The number of aromatic nitrogens is 1. The molecule has 0 unspecified atom stereocenters. The number of anilines is 1. The van der Waals surface area contributed by atoms with Crippen molar-refractivity contribution in [1.82, 2.24) is 10.3 Å². The highest BCUT2D eigenvalue weighted by Crippen LogP contribution is 2.27. The minimum absolute atomic E-state index is 0.00371. The van der Waals surface area contributed by atoms with Crippen molar-refractivity contribution in [2.45, 2.75) is 51.7 Å². The van der Waals surface area contributed by atoms with Gasteiger partial charge in [-0.15, -0.1) is 0 Å². The second kappa shape index (κ2) is 12.2. The summed E-state index contributed by atoms with van der Waals surface area (Å²) in [5, 5.41) is 15.0. The summed E-state index contributed by atoms with van der Waals surface area (Å²) in [4.78, 5) is 40.0. The molecule has 0 radical (unpaired) electrons. The summed E-state index contributed by atoms with van der Waals surface area (Å²) in [6, 6.07) is 16.8.